The molecule has 2 nitrogen and oxygen atoms in total. The van der Waals surface area contributed by atoms with Gasteiger partial charge in [-0.1, -0.05) is 29.9 Å². The minimum atomic E-state index is 0.913. The molecule has 0 aliphatic heterocycles. The van der Waals surface area contributed by atoms with Gasteiger partial charge in [0.15, 0.2) is 0 Å². The zero-order valence-electron chi connectivity index (χ0n) is 14.3. The predicted octanol–water partition coefficient (Wildman–Crippen LogP) is 5.44. The number of rotatable bonds is 3. The molecule has 0 N–H and O–H groups in total. The normalized spacial score (nSPS) is 16.7. The molecule has 0 amide bonds. The number of hydrogen-bond acceptors (Lipinski definition) is 2. The zero-order chi connectivity index (χ0) is 16.4. The van der Waals surface area contributed by atoms with E-state index in [1.807, 2.05) is 12.1 Å². The predicted molar refractivity (Wildman–Crippen MR) is 97.6 cm³/mol. The summed E-state index contributed by atoms with van der Waals surface area (Å²) in [6.45, 7) is 4.40. The minimum absolute atomic E-state index is 0.913. The Balaban J connectivity index is 2.18. The third-order valence-electron chi connectivity index (χ3n) is 4.46. The maximum atomic E-state index is 5.74. The number of hydrogen-bond donors (Lipinski definition) is 0. The van der Waals surface area contributed by atoms with Crippen molar-refractivity contribution in [3.8, 4) is 0 Å². The van der Waals surface area contributed by atoms with Crippen LogP contribution in [0.2, 0.25) is 0 Å². The molecule has 0 saturated carbocycles. The lowest BCUT2D eigenvalue weighted by Gasteiger charge is -2.19. The summed E-state index contributed by atoms with van der Waals surface area (Å²) >= 11 is 0. The van der Waals surface area contributed by atoms with Gasteiger partial charge in [-0.3, -0.25) is 0 Å². The van der Waals surface area contributed by atoms with Crippen LogP contribution in [-0.2, 0) is 0 Å². The molecule has 0 fully saturated rings. The largest absolute Gasteiger partial charge is 0.464 e. The van der Waals surface area contributed by atoms with Crippen LogP contribution in [0.25, 0.3) is 5.57 Å². The fourth-order valence-electron chi connectivity index (χ4n) is 2.91. The number of anilines is 1. The Morgan fingerprint density at radius 3 is 2.39 bits per heavy atom. The fraction of sp³-hybridized carbons (Fsp3) is 0.238. The van der Waals surface area contributed by atoms with Crippen molar-refractivity contribution in [2.24, 2.45) is 0 Å². The topological polar surface area (TPSA) is 16.4 Å². The van der Waals surface area contributed by atoms with Gasteiger partial charge in [-0.25, -0.2) is 0 Å². The van der Waals surface area contributed by atoms with Crippen LogP contribution < -0.4 is 4.90 Å². The van der Waals surface area contributed by atoms with E-state index < -0.39 is 0 Å². The zero-order valence-corrected chi connectivity index (χ0v) is 14.3. The lowest BCUT2D eigenvalue weighted by Crippen LogP contribution is -2.08. The van der Waals surface area contributed by atoms with Crippen molar-refractivity contribution in [3.05, 3.63) is 82.9 Å². The minimum Gasteiger partial charge on any atom is -0.464 e. The molecular weight excluding hydrogens is 282 g/mol. The molecule has 0 radical (unpaired) electrons. The molecule has 2 heteroatoms. The molecule has 2 aromatic rings. The first kappa shape index (κ1) is 15.4. The molecule has 0 bridgehead atoms. The Morgan fingerprint density at radius 1 is 1.04 bits per heavy atom. The smallest absolute Gasteiger partial charge is 0.135 e. The molecule has 1 aliphatic rings. The first-order valence-electron chi connectivity index (χ1n) is 7.97. The first-order chi connectivity index (χ1) is 11.1. The third-order valence-corrected chi connectivity index (χ3v) is 4.46. The van der Waals surface area contributed by atoms with E-state index in [0.717, 1.165) is 17.8 Å². The van der Waals surface area contributed by atoms with Crippen LogP contribution in [-0.4, -0.2) is 14.1 Å². The van der Waals surface area contributed by atoms with Crippen molar-refractivity contribution in [1.29, 1.82) is 0 Å². The highest BCUT2D eigenvalue weighted by atomic mass is 16.3. The molecule has 3 rings (SSSR count). The maximum Gasteiger partial charge on any atom is 0.135 e. The molecule has 0 atom stereocenters. The van der Waals surface area contributed by atoms with E-state index in [2.05, 4.69) is 69.3 Å². The van der Waals surface area contributed by atoms with Gasteiger partial charge < -0.3 is 9.32 Å². The first-order valence-corrected chi connectivity index (χ1v) is 7.97. The van der Waals surface area contributed by atoms with Gasteiger partial charge >= 0.3 is 0 Å². The number of allylic oxidation sites excluding steroid dienone is 5. The molecule has 118 valence electrons. The Hall–Kier alpha value is -2.48. The third kappa shape index (κ3) is 3.02. The highest BCUT2D eigenvalue weighted by Gasteiger charge is 2.17. The summed E-state index contributed by atoms with van der Waals surface area (Å²) in [6, 6.07) is 12.6. The van der Waals surface area contributed by atoms with Gasteiger partial charge in [-0.05, 0) is 61.2 Å². The van der Waals surface area contributed by atoms with Crippen molar-refractivity contribution in [3.63, 3.8) is 0 Å². The molecule has 0 spiro atoms. The Morgan fingerprint density at radius 2 is 1.78 bits per heavy atom. The van der Waals surface area contributed by atoms with Gasteiger partial charge in [0.1, 0.15) is 5.76 Å². The SMILES string of the molecule is CC1=C(C)C(=C(c2ccc(N(C)C)cc2)c2ccco2)C=CC1. The van der Waals surface area contributed by atoms with Gasteiger partial charge in [-0.2, -0.15) is 0 Å². The summed E-state index contributed by atoms with van der Waals surface area (Å²) in [7, 11) is 4.11. The van der Waals surface area contributed by atoms with E-state index in [1.54, 1.807) is 6.26 Å². The quantitative estimate of drug-likeness (QED) is 0.750. The summed E-state index contributed by atoms with van der Waals surface area (Å²) in [5.41, 5.74) is 7.54. The molecule has 1 aromatic carbocycles. The average molecular weight is 305 g/mol. The van der Waals surface area contributed by atoms with Crippen LogP contribution in [0.3, 0.4) is 0 Å². The Labute approximate surface area is 138 Å². The molecule has 1 aliphatic carbocycles. The van der Waals surface area contributed by atoms with Gasteiger partial charge in [0.2, 0.25) is 0 Å². The van der Waals surface area contributed by atoms with E-state index >= 15 is 0 Å². The van der Waals surface area contributed by atoms with Crippen LogP contribution in [0.1, 0.15) is 31.6 Å². The Bertz CT molecular complexity index is 772. The fourth-order valence-corrected chi connectivity index (χ4v) is 2.91. The van der Waals surface area contributed by atoms with Gasteiger partial charge in [-0.15, -0.1) is 0 Å². The van der Waals surface area contributed by atoms with E-state index in [-0.39, 0.29) is 0 Å². The van der Waals surface area contributed by atoms with Crippen molar-refractivity contribution in [2.45, 2.75) is 20.3 Å². The second kappa shape index (κ2) is 6.33. The van der Waals surface area contributed by atoms with Crippen molar-refractivity contribution >= 4 is 11.3 Å². The van der Waals surface area contributed by atoms with E-state index in [4.69, 9.17) is 4.42 Å². The van der Waals surface area contributed by atoms with Crippen LogP contribution >= 0.6 is 0 Å². The van der Waals surface area contributed by atoms with Crippen LogP contribution in [0.15, 0.2) is 75.9 Å². The van der Waals surface area contributed by atoms with Gasteiger partial charge in [0.05, 0.1) is 6.26 Å². The standard InChI is InChI=1S/C21H23NO/c1-15-7-5-8-19(16(15)2)21(20-9-6-14-23-20)17-10-12-18(13-11-17)22(3)4/h5-6,8-14H,7H2,1-4H3. The van der Waals surface area contributed by atoms with Gasteiger partial charge in [0.25, 0.3) is 0 Å². The second-order valence-corrected chi connectivity index (χ2v) is 6.22. The van der Waals surface area contributed by atoms with Crippen molar-refractivity contribution in [2.75, 3.05) is 19.0 Å². The number of furan rings is 1. The highest BCUT2D eigenvalue weighted by Crippen LogP contribution is 2.35. The highest BCUT2D eigenvalue weighted by molar-refractivity contribution is 5.85. The molecule has 0 unspecified atom stereocenters. The average Bonchev–Trinajstić information content (AvgIpc) is 3.06. The van der Waals surface area contributed by atoms with Crippen molar-refractivity contribution in [1.82, 2.24) is 0 Å². The Kier molecular flexibility index (Phi) is 4.24. The number of nitrogens with zero attached hydrogens (tertiary/aromatic N) is 1. The molecular formula is C21H23NO. The maximum absolute atomic E-state index is 5.74. The molecule has 0 saturated heterocycles. The molecule has 1 aromatic heterocycles. The van der Waals surface area contributed by atoms with E-state index in [9.17, 15) is 0 Å². The summed E-state index contributed by atoms with van der Waals surface area (Å²) in [5, 5.41) is 0. The monoisotopic (exact) mass is 305 g/mol. The van der Waals surface area contributed by atoms with Crippen LogP contribution in [0, 0.1) is 0 Å². The summed E-state index contributed by atoms with van der Waals surface area (Å²) in [5.74, 6) is 0.913. The van der Waals surface area contributed by atoms with E-state index in [0.29, 0.717) is 0 Å². The van der Waals surface area contributed by atoms with Crippen LogP contribution in [0.5, 0.6) is 0 Å². The number of benzene rings is 1. The summed E-state index contributed by atoms with van der Waals surface area (Å²) in [6.07, 6.45) is 7.22. The lowest BCUT2D eigenvalue weighted by molar-refractivity contribution is 0.553. The van der Waals surface area contributed by atoms with Crippen molar-refractivity contribution < 1.29 is 4.42 Å². The van der Waals surface area contributed by atoms with Crippen LogP contribution in [0.4, 0.5) is 5.69 Å². The van der Waals surface area contributed by atoms with Gasteiger partial charge in [0, 0.05) is 25.4 Å². The summed E-state index contributed by atoms with van der Waals surface area (Å²) < 4.78 is 5.74. The van der Waals surface area contributed by atoms with E-state index in [1.165, 1.54) is 28.0 Å². The lowest BCUT2D eigenvalue weighted by atomic mass is 9.87. The molecule has 1 heterocycles. The second-order valence-electron chi connectivity index (χ2n) is 6.22. The summed E-state index contributed by atoms with van der Waals surface area (Å²) in [4.78, 5) is 2.11. The molecule has 23 heavy (non-hydrogen) atoms.